The average Bonchev–Trinajstić information content (AvgIpc) is 3.12. The molecule has 0 atom stereocenters. The van der Waals surface area contributed by atoms with Gasteiger partial charge in [0.15, 0.2) is 17.9 Å². The van der Waals surface area contributed by atoms with Crippen molar-refractivity contribution in [2.45, 2.75) is 13.8 Å². The number of hydrogen-bond donors (Lipinski definition) is 2. The number of aromatic hydroxyl groups is 1. The number of fused-ring (bicyclic) bond motifs is 1. The van der Waals surface area contributed by atoms with Gasteiger partial charge in [-0.05, 0) is 37.6 Å². The minimum absolute atomic E-state index is 0.287. The molecule has 0 radical (unpaired) electrons. The van der Waals surface area contributed by atoms with Crippen LogP contribution in [0.2, 0.25) is 0 Å². The summed E-state index contributed by atoms with van der Waals surface area (Å²) in [5.41, 5.74) is 4.22. The Labute approximate surface area is 143 Å². The van der Waals surface area contributed by atoms with E-state index < -0.39 is 5.43 Å². The summed E-state index contributed by atoms with van der Waals surface area (Å²) in [7, 11) is 0. The molecule has 5 nitrogen and oxygen atoms in total. The Morgan fingerprint density at radius 3 is 2.72 bits per heavy atom. The van der Waals surface area contributed by atoms with Crippen molar-refractivity contribution in [1.29, 1.82) is 0 Å². The van der Waals surface area contributed by atoms with Crippen LogP contribution in [-0.2, 0) is 0 Å². The van der Waals surface area contributed by atoms with Gasteiger partial charge in [0.25, 0.3) is 0 Å². The van der Waals surface area contributed by atoms with Crippen molar-refractivity contribution in [3.8, 4) is 28.3 Å². The van der Waals surface area contributed by atoms with E-state index in [4.69, 9.17) is 4.42 Å². The highest BCUT2D eigenvalue weighted by molar-refractivity contribution is 5.89. The number of aromatic amines is 1. The summed E-state index contributed by atoms with van der Waals surface area (Å²) >= 11 is 0. The van der Waals surface area contributed by atoms with Crippen LogP contribution in [0.5, 0.6) is 5.75 Å². The van der Waals surface area contributed by atoms with Gasteiger partial charge in [0.2, 0.25) is 5.43 Å². The van der Waals surface area contributed by atoms with Crippen LogP contribution in [0, 0.1) is 13.8 Å². The molecule has 0 amide bonds. The second kappa shape index (κ2) is 5.63. The molecule has 0 saturated carbocycles. The quantitative estimate of drug-likeness (QED) is 0.577. The normalized spacial score (nSPS) is 11.1. The first kappa shape index (κ1) is 15.2. The van der Waals surface area contributed by atoms with Gasteiger partial charge in [0.1, 0.15) is 0 Å². The smallest absolute Gasteiger partial charge is 0.231 e. The molecule has 0 unspecified atom stereocenters. The lowest BCUT2D eigenvalue weighted by atomic mass is 10.0. The van der Waals surface area contributed by atoms with Crippen LogP contribution in [-0.4, -0.2) is 15.1 Å². The first-order chi connectivity index (χ1) is 12.0. The van der Waals surface area contributed by atoms with Gasteiger partial charge in [-0.2, -0.15) is 0 Å². The topological polar surface area (TPSA) is 79.1 Å². The zero-order chi connectivity index (χ0) is 17.6. The predicted molar refractivity (Wildman–Crippen MR) is 96.6 cm³/mol. The van der Waals surface area contributed by atoms with Gasteiger partial charge in [-0.25, -0.2) is 4.98 Å². The molecule has 2 aromatic heterocycles. The van der Waals surface area contributed by atoms with Gasteiger partial charge < -0.3 is 14.5 Å². The highest BCUT2D eigenvalue weighted by Crippen LogP contribution is 2.31. The van der Waals surface area contributed by atoms with Crippen LogP contribution >= 0.6 is 0 Å². The summed E-state index contributed by atoms with van der Waals surface area (Å²) in [6, 6.07) is 11.3. The Kier molecular flexibility index (Phi) is 3.42. The number of pyridine rings is 1. The average molecular weight is 332 g/mol. The van der Waals surface area contributed by atoms with E-state index in [9.17, 15) is 9.90 Å². The number of rotatable bonds is 2. The monoisotopic (exact) mass is 332 g/mol. The van der Waals surface area contributed by atoms with E-state index in [1.165, 1.54) is 6.39 Å². The van der Waals surface area contributed by atoms with Gasteiger partial charge >= 0.3 is 0 Å². The van der Waals surface area contributed by atoms with Gasteiger partial charge in [0.05, 0.1) is 22.8 Å². The minimum atomic E-state index is -0.411. The predicted octanol–water partition coefficient (Wildman–Crippen LogP) is 4.17. The van der Waals surface area contributed by atoms with Crippen molar-refractivity contribution in [2.24, 2.45) is 0 Å². The molecular formula is C20H16N2O3. The van der Waals surface area contributed by atoms with E-state index in [1.54, 1.807) is 12.3 Å². The molecule has 25 heavy (non-hydrogen) atoms. The maximum absolute atomic E-state index is 12.7. The van der Waals surface area contributed by atoms with E-state index >= 15 is 0 Å². The number of benzene rings is 2. The molecule has 4 aromatic rings. The van der Waals surface area contributed by atoms with E-state index in [-0.39, 0.29) is 5.75 Å². The van der Waals surface area contributed by atoms with Crippen molar-refractivity contribution in [3.63, 3.8) is 0 Å². The number of nitrogens with one attached hydrogen (secondary N) is 1. The summed E-state index contributed by atoms with van der Waals surface area (Å²) in [6.07, 6.45) is 2.95. The molecule has 0 aliphatic carbocycles. The third-order valence-electron chi connectivity index (χ3n) is 4.33. The summed E-state index contributed by atoms with van der Waals surface area (Å²) < 4.78 is 5.34. The molecule has 124 valence electrons. The molecule has 5 heteroatoms. The molecule has 4 rings (SSSR count). The molecule has 2 N–H and O–H groups in total. The van der Waals surface area contributed by atoms with Crippen LogP contribution in [0.1, 0.15) is 11.1 Å². The third kappa shape index (κ3) is 2.50. The fourth-order valence-electron chi connectivity index (χ4n) is 3.06. The van der Waals surface area contributed by atoms with E-state index in [2.05, 4.69) is 9.97 Å². The largest absolute Gasteiger partial charge is 0.503 e. The van der Waals surface area contributed by atoms with E-state index in [0.29, 0.717) is 22.4 Å². The van der Waals surface area contributed by atoms with Crippen molar-refractivity contribution in [1.82, 2.24) is 9.97 Å². The maximum atomic E-state index is 12.7. The Hall–Kier alpha value is -3.34. The Bertz CT molecular complexity index is 1140. The van der Waals surface area contributed by atoms with Crippen LogP contribution in [0.4, 0.5) is 0 Å². The number of oxazole rings is 1. The van der Waals surface area contributed by atoms with Crippen LogP contribution in [0.25, 0.3) is 33.5 Å². The SMILES string of the molecule is Cc1cccc(-c2[nH]c3cc(C)c(-c4cnco4)cc3c(=O)c2O)c1. The highest BCUT2D eigenvalue weighted by Gasteiger charge is 2.15. The first-order valence-electron chi connectivity index (χ1n) is 7.90. The molecule has 0 spiro atoms. The van der Waals surface area contributed by atoms with Crippen molar-refractivity contribution >= 4 is 10.9 Å². The Balaban J connectivity index is 2.00. The lowest BCUT2D eigenvalue weighted by molar-refractivity contribution is 0.471. The number of aryl methyl sites for hydroxylation is 2. The number of hydrogen-bond acceptors (Lipinski definition) is 4. The van der Waals surface area contributed by atoms with Gasteiger partial charge in [-0.15, -0.1) is 0 Å². The first-order valence-corrected chi connectivity index (χ1v) is 7.90. The molecule has 0 aliphatic heterocycles. The second-order valence-electron chi connectivity index (χ2n) is 6.13. The fourth-order valence-corrected chi connectivity index (χ4v) is 3.06. The van der Waals surface area contributed by atoms with Crippen molar-refractivity contribution < 1.29 is 9.52 Å². The van der Waals surface area contributed by atoms with Gasteiger partial charge in [-0.1, -0.05) is 23.8 Å². The van der Waals surface area contributed by atoms with Gasteiger partial charge in [-0.3, -0.25) is 4.79 Å². The summed E-state index contributed by atoms with van der Waals surface area (Å²) in [5, 5.41) is 10.9. The maximum Gasteiger partial charge on any atom is 0.231 e. The van der Waals surface area contributed by atoms with Gasteiger partial charge in [0, 0.05) is 11.1 Å². The molecule has 2 heterocycles. The van der Waals surface area contributed by atoms with Crippen molar-refractivity contribution in [3.05, 3.63) is 70.3 Å². The molecular weight excluding hydrogens is 316 g/mol. The fraction of sp³-hybridized carbons (Fsp3) is 0.100. The lowest BCUT2D eigenvalue weighted by Gasteiger charge is -2.10. The Morgan fingerprint density at radius 1 is 1.16 bits per heavy atom. The van der Waals surface area contributed by atoms with Crippen LogP contribution in [0.15, 0.2) is 58.2 Å². The van der Waals surface area contributed by atoms with Crippen LogP contribution in [0.3, 0.4) is 0 Å². The van der Waals surface area contributed by atoms with E-state index in [0.717, 1.165) is 22.3 Å². The Morgan fingerprint density at radius 2 is 2.00 bits per heavy atom. The summed E-state index contributed by atoms with van der Waals surface area (Å²) in [5.74, 6) is 0.298. The zero-order valence-electron chi connectivity index (χ0n) is 13.8. The molecule has 2 aromatic carbocycles. The summed E-state index contributed by atoms with van der Waals surface area (Å²) in [6.45, 7) is 3.91. The van der Waals surface area contributed by atoms with E-state index in [1.807, 2.05) is 44.2 Å². The third-order valence-corrected chi connectivity index (χ3v) is 4.33. The second-order valence-corrected chi connectivity index (χ2v) is 6.13. The number of aromatic nitrogens is 2. The molecule has 0 aliphatic rings. The molecule has 0 bridgehead atoms. The standard InChI is InChI=1S/C20H16N2O3/c1-11-4-3-5-13(6-11)18-20(24)19(23)15-8-14(17-9-21-10-25-17)12(2)7-16(15)22-18/h3-10,24H,1-2H3,(H,22,23). The van der Waals surface area contributed by atoms with Crippen LogP contribution < -0.4 is 5.43 Å². The zero-order valence-corrected chi connectivity index (χ0v) is 13.8. The summed E-state index contributed by atoms with van der Waals surface area (Å²) in [4.78, 5) is 19.8. The number of nitrogens with zero attached hydrogens (tertiary/aromatic N) is 1. The minimum Gasteiger partial charge on any atom is -0.503 e. The highest BCUT2D eigenvalue weighted by atomic mass is 16.3. The molecule has 0 saturated heterocycles. The van der Waals surface area contributed by atoms with Crippen molar-refractivity contribution in [2.75, 3.05) is 0 Å². The molecule has 0 fully saturated rings. The lowest BCUT2D eigenvalue weighted by Crippen LogP contribution is -2.06. The number of H-pyrrole nitrogens is 1.